The molecule has 0 fully saturated rings. The van der Waals surface area contributed by atoms with E-state index in [1.54, 1.807) is 36.4 Å². The average Bonchev–Trinajstić information content (AvgIpc) is 2.47. The molecule has 1 aliphatic rings. The van der Waals surface area contributed by atoms with Crippen LogP contribution in [0.4, 0.5) is 10.1 Å². The van der Waals surface area contributed by atoms with Crippen LogP contribution >= 0.6 is 0 Å². The van der Waals surface area contributed by atoms with Crippen LogP contribution in [0, 0.1) is 17.1 Å². The molecule has 0 bridgehead atoms. The Balaban J connectivity index is 2.28. The maximum absolute atomic E-state index is 14.2. The number of fused-ring (bicyclic) bond motifs is 1. The fourth-order valence-corrected chi connectivity index (χ4v) is 2.51. The number of hydrogen-bond acceptors (Lipinski definition) is 4. The molecular weight excluding hydrogens is 269 g/mol. The Morgan fingerprint density at radius 1 is 1.10 bits per heavy atom. The molecule has 1 aliphatic heterocycles. The van der Waals surface area contributed by atoms with Crippen LogP contribution < -0.4 is 16.2 Å². The molecule has 0 amide bonds. The Labute approximate surface area is 121 Å². The number of nitriles is 1. The molecule has 1 atom stereocenters. The molecule has 5 heteroatoms. The first-order valence-electron chi connectivity index (χ1n) is 6.33. The highest BCUT2D eigenvalue weighted by Gasteiger charge is 2.32. The zero-order valence-corrected chi connectivity index (χ0v) is 11.0. The van der Waals surface area contributed by atoms with Crippen molar-refractivity contribution in [2.24, 2.45) is 5.73 Å². The average molecular weight is 281 g/mol. The maximum Gasteiger partial charge on any atom is 0.205 e. The van der Waals surface area contributed by atoms with Crippen molar-refractivity contribution in [3.63, 3.8) is 0 Å². The van der Waals surface area contributed by atoms with E-state index in [4.69, 9.17) is 16.2 Å². The summed E-state index contributed by atoms with van der Waals surface area (Å²) in [5.41, 5.74) is 13.3. The van der Waals surface area contributed by atoms with Crippen LogP contribution in [0.1, 0.15) is 17.0 Å². The number of benzene rings is 2. The largest absolute Gasteiger partial charge is 0.440 e. The lowest BCUT2D eigenvalue weighted by Crippen LogP contribution is -2.21. The van der Waals surface area contributed by atoms with Gasteiger partial charge in [0.1, 0.15) is 23.2 Å². The number of allylic oxidation sites excluding steroid dienone is 1. The lowest BCUT2D eigenvalue weighted by molar-refractivity contribution is 0.392. The third-order valence-electron chi connectivity index (χ3n) is 3.46. The number of ether oxygens (including phenoxy) is 1. The summed E-state index contributed by atoms with van der Waals surface area (Å²) in [4.78, 5) is 0. The molecule has 0 aliphatic carbocycles. The first-order valence-corrected chi connectivity index (χ1v) is 6.33. The number of nitrogens with zero attached hydrogens (tertiary/aromatic N) is 1. The summed E-state index contributed by atoms with van der Waals surface area (Å²) in [5, 5.41) is 9.36. The Kier molecular flexibility index (Phi) is 2.99. The molecule has 2 aromatic rings. The van der Waals surface area contributed by atoms with Gasteiger partial charge in [-0.1, -0.05) is 18.2 Å². The van der Waals surface area contributed by atoms with Crippen molar-refractivity contribution in [2.75, 3.05) is 5.73 Å². The van der Waals surface area contributed by atoms with Gasteiger partial charge in [0.25, 0.3) is 0 Å². The van der Waals surface area contributed by atoms with E-state index in [9.17, 15) is 9.65 Å². The first kappa shape index (κ1) is 13.0. The summed E-state index contributed by atoms with van der Waals surface area (Å²) < 4.78 is 19.6. The van der Waals surface area contributed by atoms with Crippen molar-refractivity contribution >= 4 is 5.69 Å². The van der Waals surface area contributed by atoms with Gasteiger partial charge in [-0.25, -0.2) is 4.39 Å². The fraction of sp³-hybridized carbons (Fsp3) is 0.0625. The number of anilines is 1. The minimum atomic E-state index is -0.622. The summed E-state index contributed by atoms with van der Waals surface area (Å²) >= 11 is 0. The highest BCUT2D eigenvalue weighted by Crippen LogP contribution is 2.43. The summed E-state index contributed by atoms with van der Waals surface area (Å²) in [6, 6.07) is 13.3. The summed E-state index contributed by atoms with van der Waals surface area (Å²) in [6.07, 6.45) is 0. The van der Waals surface area contributed by atoms with Crippen LogP contribution in [0.25, 0.3) is 0 Å². The fourth-order valence-electron chi connectivity index (χ4n) is 2.51. The van der Waals surface area contributed by atoms with Crippen molar-refractivity contribution in [3.05, 3.63) is 70.9 Å². The molecule has 0 unspecified atom stereocenters. The van der Waals surface area contributed by atoms with Gasteiger partial charge in [-0.15, -0.1) is 0 Å². The van der Waals surface area contributed by atoms with Crippen LogP contribution in [0.3, 0.4) is 0 Å². The molecule has 0 saturated heterocycles. The second kappa shape index (κ2) is 4.84. The van der Waals surface area contributed by atoms with Crippen LogP contribution in [0.15, 0.2) is 53.9 Å². The third-order valence-corrected chi connectivity index (χ3v) is 3.46. The van der Waals surface area contributed by atoms with E-state index in [2.05, 4.69) is 0 Å². The van der Waals surface area contributed by atoms with Crippen molar-refractivity contribution in [1.82, 2.24) is 0 Å². The van der Waals surface area contributed by atoms with E-state index >= 15 is 0 Å². The van der Waals surface area contributed by atoms with E-state index < -0.39 is 11.7 Å². The highest BCUT2D eigenvalue weighted by atomic mass is 19.1. The summed E-state index contributed by atoms with van der Waals surface area (Å²) in [6.45, 7) is 0. The molecule has 4 N–H and O–H groups in total. The SMILES string of the molecule is N#CC1=C(N)Oc2ccc(N)cc2[C@H]1c1ccccc1F. The molecule has 4 nitrogen and oxygen atoms in total. The highest BCUT2D eigenvalue weighted by molar-refractivity contribution is 5.59. The van der Waals surface area contributed by atoms with E-state index in [1.165, 1.54) is 6.07 Å². The zero-order valence-electron chi connectivity index (χ0n) is 11.0. The Morgan fingerprint density at radius 2 is 1.86 bits per heavy atom. The lowest BCUT2D eigenvalue weighted by atomic mass is 9.83. The van der Waals surface area contributed by atoms with Gasteiger partial charge in [0.2, 0.25) is 5.88 Å². The predicted octanol–water partition coefficient (Wildman–Crippen LogP) is 2.63. The van der Waals surface area contributed by atoms with E-state index in [-0.39, 0.29) is 11.5 Å². The second-order valence-electron chi connectivity index (χ2n) is 4.74. The zero-order chi connectivity index (χ0) is 15.0. The van der Waals surface area contributed by atoms with Crippen LogP contribution in [0.2, 0.25) is 0 Å². The van der Waals surface area contributed by atoms with E-state index in [1.807, 2.05) is 6.07 Å². The van der Waals surface area contributed by atoms with E-state index in [0.29, 0.717) is 22.6 Å². The summed E-state index contributed by atoms with van der Waals surface area (Å²) in [7, 11) is 0. The minimum Gasteiger partial charge on any atom is -0.440 e. The van der Waals surface area contributed by atoms with Crippen LogP contribution in [0.5, 0.6) is 5.75 Å². The van der Waals surface area contributed by atoms with Gasteiger partial charge in [0.05, 0.1) is 5.92 Å². The molecule has 3 rings (SSSR count). The van der Waals surface area contributed by atoms with Gasteiger partial charge in [-0.05, 0) is 24.3 Å². The van der Waals surface area contributed by atoms with Gasteiger partial charge in [-0.2, -0.15) is 5.26 Å². The Hall–Kier alpha value is -3.00. The van der Waals surface area contributed by atoms with Crippen molar-refractivity contribution in [1.29, 1.82) is 5.26 Å². The van der Waals surface area contributed by atoms with Crippen molar-refractivity contribution in [3.8, 4) is 11.8 Å². The molecular formula is C16H12FN3O. The number of hydrogen-bond donors (Lipinski definition) is 2. The van der Waals surface area contributed by atoms with Gasteiger partial charge in [-0.3, -0.25) is 0 Å². The number of rotatable bonds is 1. The molecule has 0 saturated carbocycles. The van der Waals surface area contributed by atoms with E-state index in [0.717, 1.165) is 0 Å². The molecule has 0 aromatic heterocycles. The number of halogens is 1. The smallest absolute Gasteiger partial charge is 0.205 e. The standard InChI is InChI=1S/C16H12FN3O/c17-13-4-2-1-3-10(13)15-11-7-9(19)5-6-14(11)21-16(20)12(15)8-18/h1-7,15H,19-20H2/t15-/m1/s1. The van der Waals surface area contributed by atoms with Gasteiger partial charge < -0.3 is 16.2 Å². The molecule has 104 valence electrons. The van der Waals surface area contributed by atoms with Gasteiger partial charge >= 0.3 is 0 Å². The molecule has 0 radical (unpaired) electrons. The molecule has 2 aromatic carbocycles. The van der Waals surface area contributed by atoms with Crippen LogP contribution in [-0.2, 0) is 0 Å². The Bertz CT molecular complexity index is 792. The second-order valence-corrected chi connectivity index (χ2v) is 4.74. The van der Waals surface area contributed by atoms with Crippen LogP contribution in [-0.4, -0.2) is 0 Å². The third kappa shape index (κ3) is 2.07. The van der Waals surface area contributed by atoms with Gasteiger partial charge in [0.15, 0.2) is 0 Å². The number of nitrogen functional groups attached to an aromatic ring is 1. The van der Waals surface area contributed by atoms with Crippen molar-refractivity contribution in [2.45, 2.75) is 5.92 Å². The minimum absolute atomic E-state index is 0.0111. The predicted molar refractivity (Wildman–Crippen MR) is 76.6 cm³/mol. The normalized spacial score (nSPS) is 16.9. The lowest BCUT2D eigenvalue weighted by Gasteiger charge is -2.26. The molecule has 1 heterocycles. The Morgan fingerprint density at radius 3 is 2.57 bits per heavy atom. The maximum atomic E-state index is 14.2. The summed E-state index contributed by atoms with van der Waals surface area (Å²) in [5.74, 6) is -0.557. The van der Waals surface area contributed by atoms with Gasteiger partial charge in [0, 0.05) is 16.8 Å². The number of nitrogens with two attached hydrogens (primary N) is 2. The quantitative estimate of drug-likeness (QED) is 0.787. The van der Waals surface area contributed by atoms with Crippen molar-refractivity contribution < 1.29 is 9.13 Å². The molecule has 0 spiro atoms. The monoisotopic (exact) mass is 281 g/mol. The topological polar surface area (TPSA) is 85.1 Å². The first-order chi connectivity index (χ1) is 10.1. The molecule has 21 heavy (non-hydrogen) atoms.